The van der Waals surface area contributed by atoms with E-state index in [-0.39, 0.29) is 17.8 Å². The van der Waals surface area contributed by atoms with Gasteiger partial charge in [0.05, 0.1) is 22.5 Å². The van der Waals surface area contributed by atoms with E-state index in [1.807, 2.05) is 33.8 Å². The zero-order valence-electron chi connectivity index (χ0n) is 21.5. The average molecular weight is 512 g/mol. The molecule has 0 radical (unpaired) electrons. The van der Waals surface area contributed by atoms with Crippen LogP contribution >= 0.6 is 0 Å². The Bertz CT molecular complexity index is 1030. The Morgan fingerprint density at radius 1 is 1.08 bits per heavy atom. The van der Waals surface area contributed by atoms with Crippen molar-refractivity contribution in [3.05, 3.63) is 35.3 Å². The van der Waals surface area contributed by atoms with Crippen LogP contribution in [0.1, 0.15) is 65.2 Å². The first-order valence-corrected chi connectivity index (χ1v) is 11.6. The van der Waals surface area contributed by atoms with Crippen molar-refractivity contribution in [1.29, 1.82) is 0 Å². The maximum Gasteiger partial charge on any atom is 0.573 e. The van der Waals surface area contributed by atoms with Gasteiger partial charge in [0, 0.05) is 19.2 Å². The van der Waals surface area contributed by atoms with E-state index in [0.717, 1.165) is 17.6 Å². The molecule has 0 spiro atoms. The van der Waals surface area contributed by atoms with Gasteiger partial charge in [-0.3, -0.25) is 10.1 Å². The highest BCUT2D eigenvalue weighted by atomic mass is 19.4. The maximum absolute atomic E-state index is 13.3. The van der Waals surface area contributed by atoms with Gasteiger partial charge in [-0.15, -0.1) is 13.2 Å². The number of nitrogens with zero attached hydrogens (tertiary/aromatic N) is 1. The molecule has 0 bridgehead atoms. The number of hydrogen-bond donors (Lipinski definition) is 1. The summed E-state index contributed by atoms with van der Waals surface area (Å²) in [5.41, 5.74) is -1.07. The lowest BCUT2D eigenvalue weighted by atomic mass is 9.74. The second-order valence-electron chi connectivity index (χ2n) is 10.8. The van der Waals surface area contributed by atoms with Crippen molar-refractivity contribution in [3.63, 3.8) is 0 Å². The lowest BCUT2D eigenvalue weighted by molar-refractivity contribution is -0.274. The number of hydrogen-bond acceptors (Lipinski definition) is 6. The molecule has 1 fully saturated rings. The number of ether oxygens (including phenoxy) is 2. The fraction of sp³-hybridized carbons (Fsp3) is 0.583. The zero-order chi connectivity index (χ0) is 27.1. The van der Waals surface area contributed by atoms with Gasteiger partial charge in [-0.05, 0) is 72.5 Å². The van der Waals surface area contributed by atoms with Crippen LogP contribution in [0.3, 0.4) is 0 Å². The van der Waals surface area contributed by atoms with Crippen LogP contribution < -0.4 is 10.1 Å². The topological polar surface area (TPSA) is 86.3 Å². The summed E-state index contributed by atoms with van der Waals surface area (Å²) < 4.78 is 59.5. The van der Waals surface area contributed by atoms with Gasteiger partial charge in [0.1, 0.15) is 11.4 Å². The predicted molar refractivity (Wildman–Crippen MR) is 128 cm³/mol. The third kappa shape index (κ3) is 6.73. The molecule has 1 saturated heterocycles. The van der Waals surface area contributed by atoms with E-state index in [0.29, 0.717) is 13.0 Å². The molecule has 3 rings (SSSR count). The molecule has 8 nitrogen and oxygen atoms in total. The first-order valence-electron chi connectivity index (χ1n) is 11.6. The molecule has 1 N–H and O–H groups in total. The summed E-state index contributed by atoms with van der Waals surface area (Å²) >= 11 is 0. The molecule has 0 atom stereocenters. The average Bonchev–Trinajstić information content (AvgIpc) is 2.92. The molecule has 1 aromatic rings. The first kappa shape index (κ1) is 27.9. The SMILES string of the molecule is CC(C)(C)OC(=O)Nc1cc(OC(F)(F)F)ccc1C(=O)N1CC=C(B2OC(C)(C)C(C)(C)O2)CC1. The van der Waals surface area contributed by atoms with Crippen molar-refractivity contribution in [2.75, 3.05) is 18.4 Å². The van der Waals surface area contributed by atoms with Crippen LogP contribution in [0.4, 0.5) is 23.7 Å². The molecule has 12 heteroatoms. The summed E-state index contributed by atoms with van der Waals surface area (Å²) in [4.78, 5) is 27.1. The molecule has 2 heterocycles. The highest BCUT2D eigenvalue weighted by molar-refractivity contribution is 6.54. The summed E-state index contributed by atoms with van der Waals surface area (Å²) in [5.74, 6) is -1.05. The highest BCUT2D eigenvalue weighted by Crippen LogP contribution is 2.39. The van der Waals surface area contributed by atoms with Crippen molar-refractivity contribution in [2.24, 2.45) is 0 Å². The summed E-state index contributed by atoms with van der Waals surface area (Å²) in [5, 5.41) is 2.37. The van der Waals surface area contributed by atoms with Crippen molar-refractivity contribution in [1.82, 2.24) is 4.90 Å². The zero-order valence-corrected chi connectivity index (χ0v) is 21.5. The third-order valence-electron chi connectivity index (χ3n) is 6.18. The molecule has 36 heavy (non-hydrogen) atoms. The van der Waals surface area contributed by atoms with E-state index in [4.69, 9.17) is 14.0 Å². The van der Waals surface area contributed by atoms with Crippen LogP contribution in [0.5, 0.6) is 5.75 Å². The first-order chi connectivity index (χ1) is 16.4. The quantitative estimate of drug-likeness (QED) is 0.549. The number of halogens is 3. The molecule has 0 aromatic heterocycles. The minimum Gasteiger partial charge on any atom is -0.444 e. The Hall–Kier alpha value is -2.73. The summed E-state index contributed by atoms with van der Waals surface area (Å²) in [6, 6.07) is 3.15. The molecule has 1 aromatic carbocycles. The van der Waals surface area contributed by atoms with Crippen LogP contribution in [0.15, 0.2) is 29.7 Å². The predicted octanol–water partition coefficient (Wildman–Crippen LogP) is 5.34. The second-order valence-corrected chi connectivity index (χ2v) is 10.8. The van der Waals surface area contributed by atoms with Gasteiger partial charge in [-0.25, -0.2) is 4.79 Å². The van der Waals surface area contributed by atoms with Gasteiger partial charge in [0.15, 0.2) is 0 Å². The van der Waals surface area contributed by atoms with E-state index in [2.05, 4.69) is 10.1 Å². The molecule has 0 unspecified atom stereocenters. The minimum atomic E-state index is -4.93. The number of amides is 2. The fourth-order valence-corrected chi connectivity index (χ4v) is 3.67. The Balaban J connectivity index is 1.79. The molecule has 2 amide bonds. The second kappa shape index (κ2) is 9.62. The maximum atomic E-state index is 13.3. The third-order valence-corrected chi connectivity index (χ3v) is 6.18. The number of carbonyl (C=O) groups is 2. The smallest absolute Gasteiger partial charge is 0.444 e. The van der Waals surface area contributed by atoms with Crippen molar-refractivity contribution < 1.29 is 41.5 Å². The van der Waals surface area contributed by atoms with Crippen LogP contribution in [-0.2, 0) is 14.0 Å². The summed E-state index contributed by atoms with van der Waals surface area (Å²) in [6.07, 6.45) is -3.50. The van der Waals surface area contributed by atoms with Gasteiger partial charge in [-0.2, -0.15) is 0 Å². The van der Waals surface area contributed by atoms with Crippen LogP contribution in [-0.4, -0.2) is 60.3 Å². The molecule has 0 saturated carbocycles. The largest absolute Gasteiger partial charge is 0.573 e. The number of alkyl halides is 3. The van der Waals surface area contributed by atoms with Crippen LogP contribution in [0.25, 0.3) is 0 Å². The number of carbonyl (C=O) groups excluding carboxylic acids is 2. The summed E-state index contributed by atoms with van der Waals surface area (Å²) in [6.45, 7) is 13.3. The van der Waals surface area contributed by atoms with E-state index < -0.39 is 48.0 Å². The van der Waals surface area contributed by atoms with Crippen LogP contribution in [0, 0.1) is 0 Å². The Labute approximate surface area is 209 Å². The molecule has 2 aliphatic rings. The van der Waals surface area contributed by atoms with Crippen molar-refractivity contribution in [2.45, 2.75) is 78.1 Å². The number of anilines is 1. The van der Waals surface area contributed by atoms with Gasteiger partial charge in [0.2, 0.25) is 0 Å². The van der Waals surface area contributed by atoms with Gasteiger partial charge >= 0.3 is 19.6 Å². The molecular weight excluding hydrogens is 480 g/mol. The van der Waals surface area contributed by atoms with Gasteiger partial charge < -0.3 is 23.7 Å². The Morgan fingerprint density at radius 3 is 2.19 bits per heavy atom. The Kier molecular flexibility index (Phi) is 7.45. The minimum absolute atomic E-state index is 0.00265. The monoisotopic (exact) mass is 512 g/mol. The van der Waals surface area contributed by atoms with Crippen LogP contribution in [0.2, 0.25) is 0 Å². The number of benzene rings is 1. The lowest BCUT2D eigenvalue weighted by Gasteiger charge is -2.32. The van der Waals surface area contributed by atoms with Gasteiger partial charge in [0.25, 0.3) is 5.91 Å². The van der Waals surface area contributed by atoms with Crippen molar-refractivity contribution >= 4 is 24.8 Å². The lowest BCUT2D eigenvalue weighted by Crippen LogP contribution is -2.41. The van der Waals surface area contributed by atoms with E-state index in [9.17, 15) is 22.8 Å². The standard InChI is InChI=1S/C24H32BF3N2O6/c1-21(2,3)34-20(32)29-18-14-16(33-24(26,27)28)8-9-17(18)19(31)30-12-10-15(11-13-30)25-35-22(4,5)23(6,7)36-25/h8-10,14H,11-13H2,1-7H3,(H,29,32). The highest BCUT2D eigenvalue weighted by Gasteiger charge is 2.52. The summed E-state index contributed by atoms with van der Waals surface area (Å²) in [7, 11) is -0.518. The number of nitrogens with one attached hydrogen (secondary N) is 1. The molecule has 2 aliphatic heterocycles. The molecule has 0 aliphatic carbocycles. The van der Waals surface area contributed by atoms with Gasteiger partial charge in [-0.1, -0.05) is 6.08 Å². The fourth-order valence-electron chi connectivity index (χ4n) is 3.67. The number of rotatable bonds is 4. The Morgan fingerprint density at radius 2 is 1.69 bits per heavy atom. The van der Waals surface area contributed by atoms with Crippen molar-refractivity contribution in [3.8, 4) is 5.75 Å². The van der Waals surface area contributed by atoms with E-state index in [1.165, 1.54) is 11.0 Å². The molecular formula is C24H32BF3N2O6. The normalized spacial score (nSPS) is 19.6. The van der Waals surface area contributed by atoms with E-state index >= 15 is 0 Å². The molecule has 198 valence electrons. The van der Waals surface area contributed by atoms with E-state index in [1.54, 1.807) is 20.8 Å².